The van der Waals surface area contributed by atoms with Gasteiger partial charge in [0.1, 0.15) is 0 Å². The maximum atomic E-state index is 11.0. The van der Waals surface area contributed by atoms with Crippen LogP contribution in [0.5, 0.6) is 0 Å². The molecule has 0 aromatic carbocycles. The van der Waals surface area contributed by atoms with Gasteiger partial charge in [-0.25, -0.2) is 13.4 Å². The van der Waals surface area contributed by atoms with Crippen molar-refractivity contribution in [1.82, 2.24) is 10.4 Å². The van der Waals surface area contributed by atoms with Crippen LogP contribution in [0.4, 0.5) is 0 Å². The van der Waals surface area contributed by atoms with Gasteiger partial charge in [0.25, 0.3) is 0 Å². The van der Waals surface area contributed by atoms with E-state index in [1.54, 1.807) is 0 Å². The zero-order valence-corrected chi connectivity index (χ0v) is 8.92. The van der Waals surface area contributed by atoms with E-state index in [1.807, 2.05) is 5.01 Å². The Hall–Kier alpha value is -0.430. The SMILES string of the molecule is C=CS(=O)(=O)CCNN1CCOCC1. The third-order valence-electron chi connectivity index (χ3n) is 1.99. The van der Waals surface area contributed by atoms with Crippen LogP contribution in [0.25, 0.3) is 0 Å². The molecule has 0 saturated carbocycles. The smallest absolute Gasteiger partial charge is 0.172 e. The van der Waals surface area contributed by atoms with E-state index in [0.717, 1.165) is 18.5 Å². The van der Waals surface area contributed by atoms with E-state index in [0.29, 0.717) is 19.8 Å². The molecule has 0 aromatic rings. The van der Waals surface area contributed by atoms with Gasteiger partial charge in [0.15, 0.2) is 9.84 Å². The summed E-state index contributed by atoms with van der Waals surface area (Å²) in [5.74, 6) is 0.0911. The predicted octanol–water partition coefficient (Wildman–Crippen LogP) is -0.618. The van der Waals surface area contributed by atoms with E-state index in [2.05, 4.69) is 12.0 Å². The number of nitrogens with zero attached hydrogens (tertiary/aromatic N) is 1. The van der Waals surface area contributed by atoms with Crippen molar-refractivity contribution in [3.8, 4) is 0 Å². The molecule has 0 aliphatic carbocycles. The van der Waals surface area contributed by atoms with Crippen LogP contribution < -0.4 is 5.43 Å². The first-order valence-electron chi connectivity index (χ1n) is 4.55. The second kappa shape index (κ2) is 5.45. The number of morpholine rings is 1. The van der Waals surface area contributed by atoms with Crippen molar-refractivity contribution in [3.05, 3.63) is 12.0 Å². The lowest BCUT2D eigenvalue weighted by Crippen LogP contribution is -2.47. The molecular formula is C8H16N2O3S. The molecule has 0 amide bonds. The Morgan fingerprint density at radius 2 is 2.07 bits per heavy atom. The summed E-state index contributed by atoms with van der Waals surface area (Å²) in [6.07, 6.45) is 0. The summed E-state index contributed by atoms with van der Waals surface area (Å²) in [5.41, 5.74) is 3.04. The summed E-state index contributed by atoms with van der Waals surface area (Å²) in [7, 11) is -3.08. The topological polar surface area (TPSA) is 58.6 Å². The molecule has 1 N–H and O–H groups in total. The van der Waals surface area contributed by atoms with Crippen molar-refractivity contribution in [2.24, 2.45) is 0 Å². The van der Waals surface area contributed by atoms with Crippen molar-refractivity contribution >= 4 is 9.84 Å². The van der Waals surface area contributed by atoms with Gasteiger partial charge in [0.05, 0.1) is 19.0 Å². The van der Waals surface area contributed by atoms with Crippen LogP contribution in [0.15, 0.2) is 12.0 Å². The van der Waals surface area contributed by atoms with Gasteiger partial charge in [-0.2, -0.15) is 0 Å². The fourth-order valence-electron chi connectivity index (χ4n) is 1.15. The van der Waals surface area contributed by atoms with Gasteiger partial charge in [0, 0.05) is 25.0 Å². The highest BCUT2D eigenvalue weighted by molar-refractivity contribution is 7.94. The lowest BCUT2D eigenvalue weighted by Gasteiger charge is -2.26. The van der Waals surface area contributed by atoms with Gasteiger partial charge < -0.3 is 4.74 Å². The van der Waals surface area contributed by atoms with E-state index in [-0.39, 0.29) is 5.75 Å². The van der Waals surface area contributed by atoms with E-state index in [1.165, 1.54) is 0 Å². The van der Waals surface area contributed by atoms with Crippen molar-refractivity contribution in [1.29, 1.82) is 0 Å². The molecule has 5 nitrogen and oxygen atoms in total. The first kappa shape index (κ1) is 11.6. The molecular weight excluding hydrogens is 204 g/mol. The second-order valence-electron chi connectivity index (χ2n) is 3.04. The normalized spacial score (nSPS) is 19.4. The quantitative estimate of drug-likeness (QED) is 0.669. The fourth-order valence-corrected chi connectivity index (χ4v) is 1.69. The first-order valence-corrected chi connectivity index (χ1v) is 6.27. The molecule has 0 bridgehead atoms. The average Bonchev–Trinajstić information content (AvgIpc) is 2.19. The Labute approximate surface area is 84.6 Å². The van der Waals surface area contributed by atoms with Crippen LogP contribution in [0.3, 0.4) is 0 Å². The molecule has 1 rings (SSSR count). The van der Waals surface area contributed by atoms with Gasteiger partial charge in [-0.1, -0.05) is 6.58 Å². The second-order valence-corrected chi connectivity index (χ2v) is 5.11. The number of hydrogen-bond acceptors (Lipinski definition) is 5. The summed E-state index contributed by atoms with van der Waals surface area (Å²) in [4.78, 5) is 0. The van der Waals surface area contributed by atoms with Gasteiger partial charge in [0.2, 0.25) is 0 Å². The molecule has 1 saturated heterocycles. The van der Waals surface area contributed by atoms with Crippen LogP contribution in [-0.4, -0.2) is 52.0 Å². The molecule has 0 spiro atoms. The van der Waals surface area contributed by atoms with Crippen molar-refractivity contribution in [2.45, 2.75) is 0 Å². The number of hydrazine groups is 1. The lowest BCUT2D eigenvalue weighted by molar-refractivity contribution is 0.0133. The van der Waals surface area contributed by atoms with E-state index >= 15 is 0 Å². The van der Waals surface area contributed by atoms with Gasteiger partial charge in [-0.05, 0) is 0 Å². The molecule has 0 radical (unpaired) electrons. The minimum absolute atomic E-state index is 0.0911. The average molecular weight is 220 g/mol. The molecule has 82 valence electrons. The summed E-state index contributed by atoms with van der Waals surface area (Å²) < 4.78 is 27.2. The van der Waals surface area contributed by atoms with E-state index in [4.69, 9.17) is 4.74 Å². The monoisotopic (exact) mass is 220 g/mol. The lowest BCUT2D eigenvalue weighted by atomic mass is 10.5. The van der Waals surface area contributed by atoms with Gasteiger partial charge >= 0.3 is 0 Å². The number of sulfone groups is 1. The highest BCUT2D eigenvalue weighted by Gasteiger charge is 2.10. The van der Waals surface area contributed by atoms with E-state index in [9.17, 15) is 8.42 Å². The van der Waals surface area contributed by atoms with E-state index < -0.39 is 9.84 Å². The highest BCUT2D eigenvalue weighted by atomic mass is 32.2. The van der Waals surface area contributed by atoms with Crippen LogP contribution in [-0.2, 0) is 14.6 Å². The first-order chi connectivity index (χ1) is 6.64. The molecule has 0 atom stereocenters. The predicted molar refractivity (Wildman–Crippen MR) is 54.4 cm³/mol. The summed E-state index contributed by atoms with van der Waals surface area (Å²) in [6, 6.07) is 0. The van der Waals surface area contributed by atoms with Crippen LogP contribution >= 0.6 is 0 Å². The standard InChI is InChI=1S/C8H16N2O3S/c1-2-14(11,12)8-3-9-10-4-6-13-7-5-10/h2,9H,1,3-8H2. The molecule has 1 fully saturated rings. The summed E-state index contributed by atoms with van der Waals surface area (Å²) in [5, 5.41) is 2.97. The van der Waals surface area contributed by atoms with Crippen molar-refractivity contribution in [2.75, 3.05) is 38.6 Å². The van der Waals surface area contributed by atoms with Crippen molar-refractivity contribution in [3.63, 3.8) is 0 Å². The van der Waals surface area contributed by atoms with Crippen LogP contribution in [0.2, 0.25) is 0 Å². The maximum absolute atomic E-state index is 11.0. The minimum Gasteiger partial charge on any atom is -0.379 e. The number of rotatable bonds is 5. The Balaban J connectivity index is 2.17. The Morgan fingerprint density at radius 1 is 1.43 bits per heavy atom. The molecule has 0 unspecified atom stereocenters. The number of nitrogens with one attached hydrogen (secondary N) is 1. The van der Waals surface area contributed by atoms with Gasteiger partial charge in [-0.3, -0.25) is 5.43 Å². The molecule has 1 aliphatic rings. The Kier molecular flexibility index (Phi) is 4.53. The zero-order valence-electron chi connectivity index (χ0n) is 8.11. The highest BCUT2D eigenvalue weighted by Crippen LogP contribution is 1.93. The maximum Gasteiger partial charge on any atom is 0.172 e. The van der Waals surface area contributed by atoms with Crippen LogP contribution in [0.1, 0.15) is 0 Å². The van der Waals surface area contributed by atoms with Gasteiger partial charge in [-0.15, -0.1) is 0 Å². The summed E-state index contributed by atoms with van der Waals surface area (Å²) in [6.45, 7) is 6.66. The van der Waals surface area contributed by atoms with Crippen molar-refractivity contribution < 1.29 is 13.2 Å². The fraction of sp³-hybridized carbons (Fsp3) is 0.750. The largest absolute Gasteiger partial charge is 0.379 e. The Bertz CT molecular complexity index is 270. The molecule has 14 heavy (non-hydrogen) atoms. The minimum atomic E-state index is -3.08. The Morgan fingerprint density at radius 3 is 2.64 bits per heavy atom. The molecule has 1 aliphatic heterocycles. The number of ether oxygens (including phenoxy) is 1. The number of hydrogen-bond donors (Lipinski definition) is 1. The molecule has 1 heterocycles. The molecule has 6 heteroatoms. The third kappa shape index (κ3) is 4.19. The molecule has 0 aromatic heterocycles. The zero-order chi connectivity index (χ0) is 10.4. The third-order valence-corrected chi connectivity index (χ3v) is 3.27. The van der Waals surface area contributed by atoms with Crippen LogP contribution in [0, 0.1) is 0 Å². The summed E-state index contributed by atoms with van der Waals surface area (Å²) >= 11 is 0.